The molecule has 0 spiro atoms. The first kappa shape index (κ1) is 15.1. The molecular formula is C15H13ClN2O3S. The van der Waals surface area contributed by atoms with E-state index in [1.807, 2.05) is 18.2 Å². The van der Waals surface area contributed by atoms with Crippen molar-refractivity contribution in [2.75, 3.05) is 18.8 Å². The van der Waals surface area contributed by atoms with E-state index in [0.29, 0.717) is 18.1 Å². The molecule has 2 aliphatic rings. The average molecular weight is 337 g/mol. The first-order chi connectivity index (χ1) is 10.6. The van der Waals surface area contributed by atoms with Gasteiger partial charge in [-0.1, -0.05) is 41.6 Å². The Morgan fingerprint density at radius 1 is 1.27 bits per heavy atom. The zero-order valence-corrected chi connectivity index (χ0v) is 13.1. The van der Waals surface area contributed by atoms with Crippen molar-refractivity contribution in [3.63, 3.8) is 0 Å². The molecule has 0 N–H and O–H groups in total. The van der Waals surface area contributed by atoms with E-state index in [-0.39, 0.29) is 28.8 Å². The first-order valence-electron chi connectivity index (χ1n) is 6.76. The molecule has 0 unspecified atom stereocenters. The predicted octanol–water partition coefficient (Wildman–Crippen LogP) is 2.26. The number of hydrogen-bond donors (Lipinski definition) is 0. The average Bonchev–Trinajstić information content (AvgIpc) is 2.77. The Morgan fingerprint density at radius 3 is 2.64 bits per heavy atom. The summed E-state index contributed by atoms with van der Waals surface area (Å²) < 4.78 is 0. The van der Waals surface area contributed by atoms with E-state index in [1.165, 1.54) is 11.0 Å². The van der Waals surface area contributed by atoms with Gasteiger partial charge in [-0.2, -0.15) is 0 Å². The Bertz CT molecular complexity index is 655. The van der Waals surface area contributed by atoms with Crippen LogP contribution >= 0.6 is 23.4 Å². The molecule has 5 nitrogen and oxygen atoms in total. The van der Waals surface area contributed by atoms with Gasteiger partial charge in [0.2, 0.25) is 11.8 Å². The van der Waals surface area contributed by atoms with E-state index in [0.717, 1.165) is 17.3 Å². The number of rotatable bonds is 3. The highest BCUT2D eigenvalue weighted by molar-refractivity contribution is 8.14. The Kier molecular flexibility index (Phi) is 4.22. The Hall–Kier alpha value is -1.79. The van der Waals surface area contributed by atoms with Crippen LogP contribution in [0.5, 0.6) is 0 Å². The van der Waals surface area contributed by atoms with Gasteiger partial charge in [0.1, 0.15) is 0 Å². The van der Waals surface area contributed by atoms with Crippen LogP contribution < -0.4 is 0 Å². The second-order valence-electron chi connectivity index (χ2n) is 5.07. The van der Waals surface area contributed by atoms with Crippen molar-refractivity contribution in [1.29, 1.82) is 0 Å². The lowest BCUT2D eigenvalue weighted by Gasteiger charge is -2.42. The van der Waals surface area contributed by atoms with Crippen molar-refractivity contribution in [2.45, 2.75) is 6.04 Å². The summed E-state index contributed by atoms with van der Waals surface area (Å²) in [4.78, 5) is 38.1. The van der Waals surface area contributed by atoms with Crippen LogP contribution in [-0.4, -0.2) is 51.7 Å². The molecule has 0 saturated carbocycles. The lowest BCUT2D eigenvalue weighted by Crippen LogP contribution is -2.61. The number of amides is 3. The van der Waals surface area contributed by atoms with Gasteiger partial charge in [0.15, 0.2) is 0 Å². The summed E-state index contributed by atoms with van der Waals surface area (Å²) >= 11 is 7.03. The van der Waals surface area contributed by atoms with Crippen molar-refractivity contribution in [3.8, 4) is 0 Å². The van der Waals surface area contributed by atoms with E-state index in [4.69, 9.17) is 11.6 Å². The summed E-state index contributed by atoms with van der Waals surface area (Å²) in [5.41, 5.74) is 0.774. The maximum atomic E-state index is 12.0. The van der Waals surface area contributed by atoms with E-state index >= 15 is 0 Å². The largest absolute Gasteiger partial charge is 0.335 e. The number of benzene rings is 1. The van der Waals surface area contributed by atoms with Gasteiger partial charge in [-0.3, -0.25) is 19.3 Å². The van der Waals surface area contributed by atoms with Gasteiger partial charge in [0.25, 0.3) is 5.24 Å². The Labute approximate surface area is 136 Å². The fourth-order valence-corrected chi connectivity index (χ4v) is 3.37. The number of carbonyl (C=O) groups excluding carboxylic acids is 3. The van der Waals surface area contributed by atoms with Gasteiger partial charge in [-0.25, -0.2) is 0 Å². The predicted molar refractivity (Wildman–Crippen MR) is 85.6 cm³/mol. The summed E-state index contributed by atoms with van der Waals surface area (Å²) in [5.74, 6) is -0.114. The number of imide groups is 1. The van der Waals surface area contributed by atoms with Gasteiger partial charge in [0, 0.05) is 24.2 Å². The number of nitrogens with zero attached hydrogens (tertiary/aromatic N) is 2. The Balaban J connectivity index is 1.57. The summed E-state index contributed by atoms with van der Waals surface area (Å²) in [6.07, 6.45) is 3.12. The normalized spacial score (nSPS) is 19.1. The third-order valence-corrected chi connectivity index (χ3v) is 4.81. The van der Waals surface area contributed by atoms with Crippen LogP contribution in [0.3, 0.4) is 0 Å². The number of carbonyl (C=O) groups is 3. The van der Waals surface area contributed by atoms with Gasteiger partial charge in [-0.05, 0) is 17.7 Å². The summed E-state index contributed by atoms with van der Waals surface area (Å²) in [6, 6.07) is 7.06. The molecule has 0 radical (unpaired) electrons. The molecule has 2 heterocycles. The highest BCUT2D eigenvalue weighted by atomic mass is 35.5. The second-order valence-corrected chi connectivity index (χ2v) is 6.40. The molecule has 22 heavy (non-hydrogen) atoms. The van der Waals surface area contributed by atoms with Crippen LogP contribution in [-0.2, 0) is 9.59 Å². The quantitative estimate of drug-likeness (QED) is 0.794. The van der Waals surface area contributed by atoms with Crippen LogP contribution in [0.15, 0.2) is 30.3 Å². The maximum Gasteiger partial charge on any atom is 0.289 e. The highest BCUT2D eigenvalue weighted by Crippen LogP contribution is 2.26. The molecule has 0 aliphatic carbocycles. The van der Waals surface area contributed by atoms with E-state index in [9.17, 15) is 14.4 Å². The van der Waals surface area contributed by atoms with Gasteiger partial charge >= 0.3 is 0 Å². The molecule has 1 aromatic carbocycles. The van der Waals surface area contributed by atoms with E-state index in [2.05, 4.69) is 0 Å². The molecule has 1 aromatic rings. The van der Waals surface area contributed by atoms with Crippen LogP contribution in [0, 0.1) is 0 Å². The summed E-state index contributed by atoms with van der Waals surface area (Å²) in [7, 11) is 0. The van der Waals surface area contributed by atoms with Crippen molar-refractivity contribution >= 4 is 46.5 Å². The summed E-state index contributed by atoms with van der Waals surface area (Å²) in [6.45, 7) is 0.785. The molecule has 114 valence electrons. The molecule has 0 bridgehead atoms. The van der Waals surface area contributed by atoms with Crippen molar-refractivity contribution in [3.05, 3.63) is 40.9 Å². The standard InChI is InChI=1S/C15H13ClN2O3S/c16-12-4-2-1-3-10(12)5-6-13(19)17-7-11(8-17)18-14(20)9-22-15(18)21/h1-6,11H,7-9H2/b6-5+. The van der Waals surface area contributed by atoms with Crippen LogP contribution in [0.25, 0.3) is 6.08 Å². The molecule has 0 aromatic heterocycles. The lowest BCUT2D eigenvalue weighted by atomic mass is 10.1. The molecule has 3 rings (SSSR count). The topological polar surface area (TPSA) is 57.7 Å². The summed E-state index contributed by atoms with van der Waals surface area (Å²) in [5, 5.41) is 0.368. The third kappa shape index (κ3) is 2.89. The van der Waals surface area contributed by atoms with Crippen LogP contribution in [0.4, 0.5) is 4.79 Å². The maximum absolute atomic E-state index is 12.0. The van der Waals surface area contributed by atoms with Crippen LogP contribution in [0.2, 0.25) is 5.02 Å². The lowest BCUT2D eigenvalue weighted by molar-refractivity contribution is -0.138. The molecule has 2 saturated heterocycles. The third-order valence-electron chi connectivity index (χ3n) is 3.63. The van der Waals surface area contributed by atoms with Crippen molar-refractivity contribution in [2.24, 2.45) is 0 Å². The zero-order chi connectivity index (χ0) is 15.7. The van der Waals surface area contributed by atoms with Crippen LogP contribution in [0.1, 0.15) is 5.56 Å². The van der Waals surface area contributed by atoms with Crippen molar-refractivity contribution in [1.82, 2.24) is 9.80 Å². The minimum Gasteiger partial charge on any atom is -0.335 e. The first-order valence-corrected chi connectivity index (χ1v) is 8.13. The van der Waals surface area contributed by atoms with E-state index < -0.39 is 0 Å². The molecule has 0 atom stereocenters. The number of likely N-dealkylation sites (tertiary alicyclic amines) is 1. The fourth-order valence-electron chi connectivity index (χ4n) is 2.39. The van der Waals surface area contributed by atoms with E-state index in [1.54, 1.807) is 17.0 Å². The highest BCUT2D eigenvalue weighted by Gasteiger charge is 2.42. The zero-order valence-electron chi connectivity index (χ0n) is 11.6. The number of halogens is 1. The van der Waals surface area contributed by atoms with Gasteiger partial charge in [0.05, 0.1) is 11.8 Å². The molecule has 7 heteroatoms. The molecular weight excluding hydrogens is 324 g/mol. The second kappa shape index (κ2) is 6.14. The SMILES string of the molecule is O=C(/C=C/c1ccccc1Cl)N1CC(N2C(=O)CSC2=O)C1. The monoisotopic (exact) mass is 336 g/mol. The van der Waals surface area contributed by atoms with Gasteiger partial charge < -0.3 is 4.90 Å². The number of hydrogen-bond acceptors (Lipinski definition) is 4. The smallest absolute Gasteiger partial charge is 0.289 e. The minimum atomic E-state index is -0.214. The number of thioether (sulfide) groups is 1. The Morgan fingerprint density at radius 2 is 2.00 bits per heavy atom. The van der Waals surface area contributed by atoms with Crippen molar-refractivity contribution < 1.29 is 14.4 Å². The fraction of sp³-hybridized carbons (Fsp3) is 0.267. The molecule has 2 aliphatic heterocycles. The molecule has 3 amide bonds. The van der Waals surface area contributed by atoms with Gasteiger partial charge in [-0.15, -0.1) is 0 Å². The molecule has 2 fully saturated rings. The minimum absolute atomic E-state index is 0.150.